The molecular weight excluding hydrogens is 418 g/mol. The number of thiophene rings is 1. The topological polar surface area (TPSA) is 12.9 Å². The molecule has 0 unspecified atom stereocenters. The van der Waals surface area contributed by atoms with Crippen LogP contribution in [0.1, 0.15) is 0 Å². The van der Waals surface area contributed by atoms with E-state index in [-0.39, 0.29) is 0 Å². The van der Waals surface area contributed by atoms with Gasteiger partial charge in [-0.2, -0.15) is 0 Å². The average Bonchev–Trinajstić information content (AvgIpc) is 3.27. The van der Waals surface area contributed by atoms with E-state index >= 15 is 0 Å². The molecule has 0 aliphatic heterocycles. The summed E-state index contributed by atoms with van der Waals surface area (Å²) in [5.41, 5.74) is 6.10. The molecule has 7 rings (SSSR count). The minimum atomic E-state index is 1.06. The molecule has 0 aliphatic rings. The Bertz CT molecular complexity index is 1810. The number of rotatable bonds is 2. The lowest BCUT2D eigenvalue weighted by Crippen LogP contribution is -1.86. The van der Waals surface area contributed by atoms with Crippen molar-refractivity contribution in [2.45, 2.75) is 0 Å². The maximum Gasteiger partial charge on any atom is 0.0786 e. The number of pyridine rings is 1. The van der Waals surface area contributed by atoms with Crippen LogP contribution >= 0.6 is 11.3 Å². The van der Waals surface area contributed by atoms with Crippen molar-refractivity contribution in [2.75, 3.05) is 0 Å². The van der Waals surface area contributed by atoms with E-state index in [0.29, 0.717) is 0 Å². The van der Waals surface area contributed by atoms with E-state index in [2.05, 4.69) is 103 Å². The van der Waals surface area contributed by atoms with E-state index in [1.165, 1.54) is 58.6 Å². The van der Waals surface area contributed by atoms with E-state index in [4.69, 9.17) is 4.98 Å². The largest absolute Gasteiger partial charge is 0.256 e. The highest BCUT2D eigenvalue weighted by Gasteiger charge is 2.13. The van der Waals surface area contributed by atoms with Gasteiger partial charge in [-0.1, -0.05) is 91.0 Å². The minimum absolute atomic E-state index is 1.06. The molecule has 1 nitrogen and oxygen atoms in total. The molecule has 2 heterocycles. The molecule has 0 spiro atoms. The van der Waals surface area contributed by atoms with Crippen LogP contribution in [-0.2, 0) is 0 Å². The lowest BCUT2D eigenvalue weighted by atomic mass is 9.95. The number of nitrogens with zero attached hydrogens (tertiary/aromatic N) is 1. The zero-order chi connectivity index (χ0) is 21.8. The van der Waals surface area contributed by atoms with Gasteiger partial charge in [0.25, 0.3) is 0 Å². The first kappa shape index (κ1) is 18.6. The zero-order valence-electron chi connectivity index (χ0n) is 17.8. The molecule has 0 saturated carbocycles. The third-order valence-electron chi connectivity index (χ3n) is 6.51. The summed E-state index contributed by atoms with van der Waals surface area (Å²) >= 11 is 1.88. The number of benzene rings is 5. The highest BCUT2D eigenvalue weighted by molar-refractivity contribution is 7.26. The van der Waals surface area contributed by atoms with Gasteiger partial charge in [0.2, 0.25) is 0 Å². The van der Waals surface area contributed by atoms with E-state index in [1.54, 1.807) is 0 Å². The van der Waals surface area contributed by atoms with Gasteiger partial charge in [0.1, 0.15) is 0 Å². The summed E-state index contributed by atoms with van der Waals surface area (Å²) < 4.78 is 2.67. The molecule has 0 aliphatic carbocycles. The predicted molar refractivity (Wildman–Crippen MR) is 143 cm³/mol. The van der Waals surface area contributed by atoms with Gasteiger partial charge in [-0.15, -0.1) is 11.3 Å². The Morgan fingerprint density at radius 1 is 0.545 bits per heavy atom. The van der Waals surface area contributed by atoms with Crippen LogP contribution in [0, 0.1) is 0 Å². The van der Waals surface area contributed by atoms with Gasteiger partial charge in [0.15, 0.2) is 0 Å². The molecule has 2 heteroatoms. The SMILES string of the molecule is c1ccc(-c2cccc3c2sc2ccc(-c4cccc5ccc6cccnc6c45)cc23)cc1. The van der Waals surface area contributed by atoms with E-state index in [0.717, 1.165) is 5.52 Å². The number of fused-ring (bicyclic) bond motifs is 6. The molecular formula is C31H19NS. The summed E-state index contributed by atoms with van der Waals surface area (Å²) in [6.45, 7) is 0. The van der Waals surface area contributed by atoms with Crippen LogP contribution in [0.5, 0.6) is 0 Å². The van der Waals surface area contributed by atoms with Crippen molar-refractivity contribution in [1.82, 2.24) is 4.98 Å². The number of hydrogen-bond donors (Lipinski definition) is 0. The Labute approximate surface area is 195 Å². The highest BCUT2D eigenvalue weighted by atomic mass is 32.1. The maximum atomic E-state index is 4.75. The van der Waals surface area contributed by atoms with Crippen molar-refractivity contribution in [3.63, 3.8) is 0 Å². The third-order valence-corrected chi connectivity index (χ3v) is 7.73. The molecule has 7 aromatic rings. The maximum absolute atomic E-state index is 4.75. The molecule has 0 N–H and O–H groups in total. The van der Waals surface area contributed by atoms with Gasteiger partial charge in [-0.05, 0) is 45.8 Å². The Morgan fingerprint density at radius 2 is 1.36 bits per heavy atom. The monoisotopic (exact) mass is 437 g/mol. The fourth-order valence-corrected chi connectivity index (χ4v) is 6.18. The molecule has 0 saturated heterocycles. The van der Waals surface area contributed by atoms with Gasteiger partial charge in [-0.25, -0.2) is 0 Å². The van der Waals surface area contributed by atoms with Gasteiger partial charge in [-0.3, -0.25) is 4.98 Å². The second-order valence-corrected chi connectivity index (χ2v) is 9.46. The fraction of sp³-hybridized carbons (Fsp3) is 0. The van der Waals surface area contributed by atoms with Gasteiger partial charge in [0, 0.05) is 37.1 Å². The Hall–Kier alpha value is -4.01. The van der Waals surface area contributed by atoms with Crippen LogP contribution in [0.4, 0.5) is 0 Å². The summed E-state index contributed by atoms with van der Waals surface area (Å²) in [6, 6.07) is 39.3. The summed E-state index contributed by atoms with van der Waals surface area (Å²) in [6.07, 6.45) is 1.89. The van der Waals surface area contributed by atoms with Crippen LogP contribution in [0.25, 0.3) is 64.1 Å². The first-order chi connectivity index (χ1) is 16.4. The molecule has 0 radical (unpaired) electrons. The van der Waals surface area contributed by atoms with Crippen LogP contribution < -0.4 is 0 Å². The summed E-state index contributed by atoms with van der Waals surface area (Å²) in [4.78, 5) is 4.75. The standard InChI is InChI=1S/C31H19NS/c1-2-7-20(8-3-1)25-12-5-13-26-27-19-23(16-17-28(27)33-31(25)26)24-11-4-9-21-14-15-22-10-6-18-32-30(22)29(21)24/h1-19H. The van der Waals surface area contributed by atoms with Crippen LogP contribution in [0.15, 0.2) is 115 Å². The van der Waals surface area contributed by atoms with Crippen molar-refractivity contribution in [2.24, 2.45) is 0 Å². The lowest BCUT2D eigenvalue weighted by Gasteiger charge is -2.10. The number of hydrogen-bond acceptors (Lipinski definition) is 2. The summed E-state index contributed by atoms with van der Waals surface area (Å²) in [5.74, 6) is 0. The van der Waals surface area contributed by atoms with Crippen molar-refractivity contribution in [3.8, 4) is 22.3 Å². The molecule has 33 heavy (non-hydrogen) atoms. The molecule has 154 valence electrons. The smallest absolute Gasteiger partial charge is 0.0786 e. The van der Waals surface area contributed by atoms with Crippen molar-refractivity contribution < 1.29 is 0 Å². The summed E-state index contributed by atoms with van der Waals surface area (Å²) in [5, 5.41) is 6.25. The van der Waals surface area contributed by atoms with Gasteiger partial charge < -0.3 is 0 Å². The van der Waals surface area contributed by atoms with Crippen molar-refractivity contribution in [1.29, 1.82) is 0 Å². The Balaban J connectivity index is 1.51. The van der Waals surface area contributed by atoms with E-state index in [1.807, 2.05) is 23.6 Å². The number of aromatic nitrogens is 1. The second-order valence-electron chi connectivity index (χ2n) is 8.41. The quantitative estimate of drug-likeness (QED) is 0.246. The van der Waals surface area contributed by atoms with Crippen LogP contribution in [0.2, 0.25) is 0 Å². The Kier molecular flexibility index (Phi) is 4.08. The van der Waals surface area contributed by atoms with Gasteiger partial charge >= 0.3 is 0 Å². The fourth-order valence-electron chi connectivity index (χ4n) is 4.97. The predicted octanol–water partition coefficient (Wildman–Crippen LogP) is 9.09. The third kappa shape index (κ3) is 2.88. The Morgan fingerprint density at radius 3 is 2.30 bits per heavy atom. The van der Waals surface area contributed by atoms with Crippen molar-refractivity contribution in [3.05, 3.63) is 115 Å². The first-order valence-corrected chi connectivity index (χ1v) is 12.0. The molecule has 0 fully saturated rings. The van der Waals surface area contributed by atoms with Gasteiger partial charge in [0.05, 0.1) is 5.52 Å². The highest BCUT2D eigenvalue weighted by Crippen LogP contribution is 2.42. The molecule has 2 aromatic heterocycles. The second kappa shape index (κ2) is 7.26. The zero-order valence-corrected chi connectivity index (χ0v) is 18.6. The normalized spacial score (nSPS) is 11.6. The molecule has 5 aromatic carbocycles. The van der Waals surface area contributed by atoms with Crippen LogP contribution in [0.3, 0.4) is 0 Å². The van der Waals surface area contributed by atoms with Crippen LogP contribution in [-0.4, -0.2) is 4.98 Å². The molecule has 0 amide bonds. The van der Waals surface area contributed by atoms with E-state index < -0.39 is 0 Å². The molecule has 0 atom stereocenters. The van der Waals surface area contributed by atoms with Crippen molar-refractivity contribution >= 4 is 53.2 Å². The first-order valence-electron chi connectivity index (χ1n) is 11.1. The average molecular weight is 438 g/mol. The summed E-state index contributed by atoms with van der Waals surface area (Å²) in [7, 11) is 0. The molecule has 0 bridgehead atoms. The lowest BCUT2D eigenvalue weighted by molar-refractivity contribution is 1.43. The van der Waals surface area contributed by atoms with E-state index in [9.17, 15) is 0 Å². The minimum Gasteiger partial charge on any atom is -0.256 e.